The molecule has 0 atom stereocenters. The number of hydrogen-bond acceptors (Lipinski definition) is 6. The first kappa shape index (κ1) is 16.5. The highest BCUT2D eigenvalue weighted by molar-refractivity contribution is 5.79. The number of esters is 1. The van der Waals surface area contributed by atoms with Crippen LogP contribution in [0.4, 0.5) is 5.95 Å². The highest BCUT2D eigenvalue weighted by atomic mass is 16.5. The number of anilines is 1. The van der Waals surface area contributed by atoms with Crippen LogP contribution in [0.25, 0.3) is 0 Å². The molecular weight excluding hydrogens is 296 g/mol. The van der Waals surface area contributed by atoms with E-state index in [0.29, 0.717) is 18.3 Å². The lowest BCUT2D eigenvalue weighted by Crippen LogP contribution is -2.09. The summed E-state index contributed by atoms with van der Waals surface area (Å²) in [6.07, 6.45) is 3.66. The summed E-state index contributed by atoms with van der Waals surface area (Å²) in [6, 6.07) is 7.36. The van der Waals surface area contributed by atoms with E-state index in [1.54, 1.807) is 19.3 Å². The Morgan fingerprint density at radius 1 is 1.39 bits per heavy atom. The zero-order valence-corrected chi connectivity index (χ0v) is 13.2. The van der Waals surface area contributed by atoms with Crippen molar-refractivity contribution in [3.63, 3.8) is 0 Å². The van der Waals surface area contributed by atoms with Crippen molar-refractivity contribution in [3.8, 4) is 5.75 Å². The van der Waals surface area contributed by atoms with E-state index in [9.17, 15) is 4.79 Å². The van der Waals surface area contributed by atoms with E-state index in [1.807, 2.05) is 31.2 Å². The van der Waals surface area contributed by atoms with Crippen molar-refractivity contribution in [3.05, 3.63) is 41.7 Å². The first-order valence-corrected chi connectivity index (χ1v) is 7.32. The maximum absolute atomic E-state index is 11.2. The molecule has 0 saturated heterocycles. The molecule has 122 valence electrons. The van der Waals surface area contributed by atoms with Gasteiger partial charge in [-0.25, -0.2) is 9.66 Å². The molecular formula is C16H20N4O3. The number of carbonyl (C=O) groups excluding carboxylic acids is 1. The van der Waals surface area contributed by atoms with Crippen LogP contribution in [0.1, 0.15) is 24.6 Å². The fourth-order valence-electron chi connectivity index (χ4n) is 1.86. The van der Waals surface area contributed by atoms with E-state index in [2.05, 4.69) is 10.1 Å². The van der Waals surface area contributed by atoms with Gasteiger partial charge >= 0.3 is 5.97 Å². The summed E-state index contributed by atoms with van der Waals surface area (Å²) in [7, 11) is 0. The number of imidazole rings is 1. The molecule has 0 unspecified atom stereocenters. The van der Waals surface area contributed by atoms with Crippen LogP contribution >= 0.6 is 0 Å². The topological polar surface area (TPSA) is 91.7 Å². The van der Waals surface area contributed by atoms with Crippen LogP contribution in [-0.4, -0.2) is 35.1 Å². The third-order valence-electron chi connectivity index (χ3n) is 2.93. The lowest BCUT2D eigenvalue weighted by atomic mass is 10.2. The molecule has 2 rings (SSSR count). The largest absolute Gasteiger partial charge is 0.493 e. The van der Waals surface area contributed by atoms with Crippen LogP contribution in [0, 0.1) is 6.92 Å². The molecule has 23 heavy (non-hydrogen) atoms. The van der Waals surface area contributed by atoms with Gasteiger partial charge in [-0.2, -0.15) is 5.10 Å². The number of ether oxygens (including phenoxy) is 2. The number of nitrogens with two attached hydrogens (primary N) is 1. The Bertz CT molecular complexity index is 677. The summed E-state index contributed by atoms with van der Waals surface area (Å²) in [6.45, 7) is 4.30. The first-order chi connectivity index (χ1) is 11.1. The molecule has 0 amide bonds. The van der Waals surface area contributed by atoms with Gasteiger partial charge in [0.2, 0.25) is 5.95 Å². The zero-order valence-electron chi connectivity index (χ0n) is 13.2. The van der Waals surface area contributed by atoms with Crippen LogP contribution < -0.4 is 10.5 Å². The zero-order chi connectivity index (χ0) is 16.7. The van der Waals surface area contributed by atoms with Gasteiger partial charge in [-0.1, -0.05) is 0 Å². The minimum Gasteiger partial charge on any atom is -0.493 e. The highest BCUT2D eigenvalue weighted by Gasteiger charge is 2.02. The second-order valence-corrected chi connectivity index (χ2v) is 4.80. The number of aryl methyl sites for hydroxylation is 1. The molecule has 0 aliphatic rings. The Kier molecular flexibility index (Phi) is 5.74. The number of rotatable bonds is 7. The van der Waals surface area contributed by atoms with Gasteiger partial charge in [0, 0.05) is 0 Å². The third-order valence-corrected chi connectivity index (χ3v) is 2.93. The van der Waals surface area contributed by atoms with Gasteiger partial charge in [0.05, 0.1) is 37.7 Å². The number of benzene rings is 1. The van der Waals surface area contributed by atoms with Crippen molar-refractivity contribution in [2.75, 3.05) is 18.9 Å². The fourth-order valence-corrected chi connectivity index (χ4v) is 1.86. The van der Waals surface area contributed by atoms with Crippen molar-refractivity contribution in [2.45, 2.75) is 20.3 Å². The molecule has 0 bridgehead atoms. The number of nitrogens with zero attached hydrogens (tertiary/aromatic N) is 3. The predicted octanol–water partition coefficient (Wildman–Crippen LogP) is 1.99. The summed E-state index contributed by atoms with van der Waals surface area (Å²) in [5.74, 6) is 0.770. The standard InChI is InChI=1S/C16H20N4O3/c1-3-22-15(21)8-9-23-14-6-4-13(5-7-14)10-18-20-11-12(2)19-16(20)17/h4-7,10-11H,3,8-9H2,1-2H3,(H2,17,19). The molecule has 2 aromatic rings. The Labute approximate surface area is 134 Å². The fraction of sp³-hybridized carbons (Fsp3) is 0.312. The Hall–Kier alpha value is -2.83. The lowest BCUT2D eigenvalue weighted by molar-refractivity contribution is -0.143. The minimum absolute atomic E-state index is 0.232. The number of hydrogen-bond donors (Lipinski definition) is 1. The molecule has 0 aliphatic heterocycles. The van der Waals surface area contributed by atoms with Gasteiger partial charge in [0.25, 0.3) is 0 Å². The van der Waals surface area contributed by atoms with Gasteiger partial charge in [0.15, 0.2) is 0 Å². The molecule has 7 heteroatoms. The maximum Gasteiger partial charge on any atom is 0.309 e. The van der Waals surface area contributed by atoms with E-state index >= 15 is 0 Å². The number of nitrogen functional groups attached to an aromatic ring is 1. The van der Waals surface area contributed by atoms with E-state index in [-0.39, 0.29) is 19.0 Å². The third kappa shape index (κ3) is 5.14. The second kappa shape index (κ2) is 7.98. The summed E-state index contributed by atoms with van der Waals surface area (Å²) >= 11 is 0. The predicted molar refractivity (Wildman–Crippen MR) is 87.6 cm³/mol. The molecule has 0 spiro atoms. The lowest BCUT2D eigenvalue weighted by Gasteiger charge is -2.06. The smallest absolute Gasteiger partial charge is 0.309 e. The number of aromatic nitrogens is 2. The van der Waals surface area contributed by atoms with Crippen molar-refractivity contribution in [1.82, 2.24) is 9.66 Å². The van der Waals surface area contributed by atoms with Crippen LogP contribution in [0.3, 0.4) is 0 Å². The number of carbonyl (C=O) groups is 1. The monoisotopic (exact) mass is 316 g/mol. The molecule has 1 aromatic carbocycles. The van der Waals surface area contributed by atoms with Crippen molar-refractivity contribution in [2.24, 2.45) is 5.10 Å². The van der Waals surface area contributed by atoms with Gasteiger partial charge in [0.1, 0.15) is 5.75 Å². The average molecular weight is 316 g/mol. The summed E-state index contributed by atoms with van der Waals surface area (Å²) in [5, 5.41) is 4.23. The van der Waals surface area contributed by atoms with Crippen molar-refractivity contribution < 1.29 is 14.3 Å². The van der Waals surface area contributed by atoms with Gasteiger partial charge in [-0.05, 0) is 43.7 Å². The van der Waals surface area contributed by atoms with Crippen LogP contribution in [0.2, 0.25) is 0 Å². The summed E-state index contributed by atoms with van der Waals surface area (Å²) in [5.41, 5.74) is 7.42. The molecule has 0 aliphatic carbocycles. The maximum atomic E-state index is 11.2. The SMILES string of the molecule is CCOC(=O)CCOc1ccc(C=Nn2cc(C)nc2N)cc1. The van der Waals surface area contributed by atoms with Crippen molar-refractivity contribution in [1.29, 1.82) is 0 Å². The molecule has 1 aromatic heterocycles. The quantitative estimate of drug-likeness (QED) is 0.623. The first-order valence-electron chi connectivity index (χ1n) is 7.32. The van der Waals surface area contributed by atoms with Crippen LogP contribution in [0.5, 0.6) is 5.75 Å². The Morgan fingerprint density at radius 3 is 2.74 bits per heavy atom. The molecule has 0 fully saturated rings. The molecule has 0 radical (unpaired) electrons. The van der Waals surface area contributed by atoms with E-state index in [0.717, 1.165) is 11.3 Å². The Morgan fingerprint density at radius 2 is 2.13 bits per heavy atom. The Balaban J connectivity index is 1.87. The van der Waals surface area contributed by atoms with Gasteiger partial charge < -0.3 is 15.2 Å². The average Bonchev–Trinajstić information content (AvgIpc) is 2.84. The normalized spacial score (nSPS) is 10.9. The van der Waals surface area contributed by atoms with E-state index in [1.165, 1.54) is 4.68 Å². The summed E-state index contributed by atoms with van der Waals surface area (Å²) in [4.78, 5) is 15.3. The van der Waals surface area contributed by atoms with Crippen LogP contribution in [0.15, 0.2) is 35.6 Å². The second-order valence-electron chi connectivity index (χ2n) is 4.80. The minimum atomic E-state index is -0.260. The van der Waals surface area contributed by atoms with Gasteiger partial charge in [-0.15, -0.1) is 0 Å². The van der Waals surface area contributed by atoms with Gasteiger partial charge in [-0.3, -0.25) is 4.79 Å². The molecule has 0 saturated carbocycles. The van der Waals surface area contributed by atoms with E-state index < -0.39 is 0 Å². The molecule has 7 nitrogen and oxygen atoms in total. The highest BCUT2D eigenvalue weighted by Crippen LogP contribution is 2.12. The van der Waals surface area contributed by atoms with Crippen LogP contribution in [-0.2, 0) is 9.53 Å². The molecule has 2 N–H and O–H groups in total. The molecule has 1 heterocycles. The van der Waals surface area contributed by atoms with Crippen molar-refractivity contribution >= 4 is 18.1 Å². The summed E-state index contributed by atoms with van der Waals surface area (Å²) < 4.78 is 11.8. The van der Waals surface area contributed by atoms with E-state index in [4.69, 9.17) is 15.2 Å².